The highest BCUT2D eigenvalue weighted by Crippen LogP contribution is 2.74. The molecule has 2 N–H and O–H groups in total. The Morgan fingerprint density at radius 1 is 1.15 bits per heavy atom. The second-order valence-corrected chi connectivity index (χ2v) is 11.1. The Labute approximate surface area is 191 Å². The zero-order valence-corrected chi connectivity index (χ0v) is 18.4. The summed E-state index contributed by atoms with van der Waals surface area (Å²) in [5, 5.41) is 9.10. The van der Waals surface area contributed by atoms with Gasteiger partial charge in [-0.1, -0.05) is 42.5 Å². The van der Waals surface area contributed by atoms with Crippen LogP contribution in [-0.4, -0.2) is 27.0 Å². The number of nitriles is 1. The average Bonchev–Trinajstić information content (AvgIpc) is 3.44. The van der Waals surface area contributed by atoms with Gasteiger partial charge in [0.25, 0.3) is 0 Å². The molecule has 1 heterocycles. The van der Waals surface area contributed by atoms with Gasteiger partial charge in [-0.05, 0) is 36.1 Å². The maximum atomic E-state index is 13.5. The first-order valence-corrected chi connectivity index (χ1v) is 12.2. The number of benzene rings is 2. The highest BCUT2D eigenvalue weighted by Gasteiger charge is 2.69. The highest BCUT2D eigenvalue weighted by atomic mass is 32.3. The topological polar surface area (TPSA) is 76.7 Å². The lowest BCUT2D eigenvalue weighted by Gasteiger charge is -2.52. The normalized spacial score (nSPS) is 30.3. The maximum absolute atomic E-state index is 13.5. The zero-order valence-electron chi connectivity index (χ0n) is 17.6. The van der Waals surface area contributed by atoms with Crippen LogP contribution < -0.4 is 4.31 Å². The molecule has 2 aliphatic carbocycles. The number of halogens is 3. The quantitative estimate of drug-likeness (QED) is 0.530. The molecule has 2 fully saturated rings. The summed E-state index contributed by atoms with van der Waals surface area (Å²) in [6.07, 6.45) is 0.120. The molecule has 1 saturated carbocycles. The molecule has 0 aromatic heterocycles. The van der Waals surface area contributed by atoms with Crippen LogP contribution in [0, 0.1) is 29.1 Å². The first-order valence-electron chi connectivity index (χ1n) is 10.7. The molecule has 3 aliphatic rings. The van der Waals surface area contributed by atoms with Crippen molar-refractivity contribution in [2.45, 2.75) is 24.0 Å². The van der Waals surface area contributed by atoms with Gasteiger partial charge >= 0.3 is 6.18 Å². The van der Waals surface area contributed by atoms with Gasteiger partial charge in [-0.15, -0.1) is 10.8 Å². The Morgan fingerprint density at radius 3 is 2.61 bits per heavy atom. The monoisotopic (exact) mass is 476 g/mol. The lowest BCUT2D eigenvalue weighted by atomic mass is 9.82. The van der Waals surface area contributed by atoms with Crippen LogP contribution in [0.3, 0.4) is 0 Å². The van der Waals surface area contributed by atoms with Crippen LogP contribution in [0.2, 0.25) is 0 Å². The molecule has 5 nitrogen and oxygen atoms in total. The van der Waals surface area contributed by atoms with E-state index in [9.17, 15) is 22.3 Å². The number of ether oxygens (including phenoxy) is 1. The van der Waals surface area contributed by atoms with Crippen LogP contribution >= 0.6 is 10.8 Å². The van der Waals surface area contributed by atoms with Gasteiger partial charge in [-0.3, -0.25) is 13.4 Å². The van der Waals surface area contributed by atoms with Crippen molar-refractivity contribution in [1.82, 2.24) is 0 Å². The fourth-order valence-electron chi connectivity index (χ4n) is 5.68. The molecule has 4 atom stereocenters. The van der Waals surface area contributed by atoms with Gasteiger partial charge in [0.15, 0.2) is 0 Å². The predicted molar refractivity (Wildman–Crippen MR) is 119 cm³/mol. The largest absolute Gasteiger partial charge is 0.417 e. The number of anilines is 1. The van der Waals surface area contributed by atoms with Crippen LogP contribution in [0.5, 0.6) is 0 Å². The van der Waals surface area contributed by atoms with Gasteiger partial charge in [-0.25, -0.2) is 0 Å². The summed E-state index contributed by atoms with van der Waals surface area (Å²) in [5.41, 5.74) is -0.565. The summed E-state index contributed by atoms with van der Waals surface area (Å²) >= 11 is 0. The molecule has 2 aromatic carbocycles. The molecule has 0 spiro atoms. The summed E-state index contributed by atoms with van der Waals surface area (Å²) < 4.78 is 70.1. The minimum absolute atomic E-state index is 0.0533. The minimum Gasteiger partial charge on any atom is -0.374 e. The van der Waals surface area contributed by atoms with Gasteiger partial charge in [0, 0.05) is 18.4 Å². The molecule has 174 valence electrons. The number of allylic oxidation sites excluding steroid dienone is 2. The number of hydrogen-bond donors (Lipinski definition) is 2. The van der Waals surface area contributed by atoms with Crippen LogP contribution in [0.4, 0.5) is 18.9 Å². The van der Waals surface area contributed by atoms with E-state index in [4.69, 9.17) is 10.00 Å². The summed E-state index contributed by atoms with van der Waals surface area (Å²) in [4.78, 5) is 0. The van der Waals surface area contributed by atoms with Gasteiger partial charge in [-0.2, -0.15) is 18.4 Å². The molecule has 33 heavy (non-hydrogen) atoms. The standard InChI is InChI=1S/C24H23F3N2O3S/c25-24(26,27)21-11-20(9-7-18(21)12-28)29-13-22-17-6-8-19(10-17)23(22,33(29,30)31)15-32-14-16-4-2-1-3-5-16/h1-9,11,17,19,22,30-31H,10,13-15H2/t17-,19+,22-,23+/m0/s1. The fourth-order valence-corrected chi connectivity index (χ4v) is 8.34. The molecular weight excluding hydrogens is 453 g/mol. The van der Waals surface area contributed by atoms with Gasteiger partial charge in [0.05, 0.1) is 36.1 Å². The van der Waals surface area contributed by atoms with Crippen molar-refractivity contribution in [3.8, 4) is 6.07 Å². The van der Waals surface area contributed by atoms with Gasteiger partial charge in [0.1, 0.15) is 4.75 Å². The van der Waals surface area contributed by atoms with E-state index in [1.807, 2.05) is 36.4 Å². The third-order valence-electron chi connectivity index (χ3n) is 7.22. The first kappa shape index (κ1) is 22.3. The van der Waals surface area contributed by atoms with Crippen molar-refractivity contribution < 1.29 is 27.0 Å². The highest BCUT2D eigenvalue weighted by molar-refractivity contribution is 8.26. The lowest BCUT2D eigenvalue weighted by Crippen LogP contribution is -2.47. The Morgan fingerprint density at radius 2 is 1.91 bits per heavy atom. The second-order valence-electron chi connectivity index (χ2n) is 8.85. The molecule has 2 bridgehead atoms. The molecule has 5 rings (SSSR count). The van der Waals surface area contributed by atoms with Crippen LogP contribution in [0.25, 0.3) is 0 Å². The van der Waals surface area contributed by atoms with Crippen molar-refractivity contribution in [3.05, 3.63) is 77.4 Å². The Hall–Kier alpha value is -2.51. The molecular formula is C24H23F3N2O3S. The number of hydrogen-bond acceptors (Lipinski definition) is 5. The smallest absolute Gasteiger partial charge is 0.374 e. The SMILES string of the molecule is N#Cc1ccc(N2C[C@H]3[C@H]4C=C[C@H](C4)[C@@]3(COCc3ccccc3)S2(O)O)cc1C(F)(F)F. The van der Waals surface area contributed by atoms with E-state index in [2.05, 4.69) is 6.08 Å². The molecule has 0 amide bonds. The third-order valence-corrected chi connectivity index (χ3v) is 9.94. The molecule has 0 unspecified atom stereocenters. The van der Waals surface area contributed by atoms with Crippen molar-refractivity contribution in [3.63, 3.8) is 0 Å². The maximum Gasteiger partial charge on any atom is 0.417 e. The van der Waals surface area contributed by atoms with Crippen molar-refractivity contribution >= 4 is 16.5 Å². The summed E-state index contributed by atoms with van der Waals surface area (Å²) in [6, 6.07) is 14.4. The van der Waals surface area contributed by atoms with Crippen molar-refractivity contribution in [2.24, 2.45) is 17.8 Å². The summed E-state index contributed by atoms with van der Waals surface area (Å²) in [7, 11) is -3.54. The molecule has 2 aromatic rings. The van der Waals surface area contributed by atoms with Gasteiger partial charge < -0.3 is 4.74 Å². The van der Waals surface area contributed by atoms with Gasteiger partial charge in [0.2, 0.25) is 0 Å². The van der Waals surface area contributed by atoms with E-state index in [0.29, 0.717) is 6.61 Å². The fraction of sp³-hybridized carbons (Fsp3) is 0.375. The third kappa shape index (κ3) is 3.36. The predicted octanol–water partition coefficient (Wildman–Crippen LogP) is 5.84. The lowest BCUT2D eigenvalue weighted by molar-refractivity contribution is -0.137. The van der Waals surface area contributed by atoms with Crippen LogP contribution in [-0.2, 0) is 17.5 Å². The number of nitrogens with zero attached hydrogens (tertiary/aromatic N) is 2. The number of rotatable bonds is 5. The molecule has 1 saturated heterocycles. The van der Waals surface area contributed by atoms with E-state index < -0.39 is 32.8 Å². The molecule has 1 aliphatic heterocycles. The molecule has 9 heteroatoms. The van der Waals surface area contributed by atoms with Crippen molar-refractivity contribution in [1.29, 1.82) is 5.26 Å². The summed E-state index contributed by atoms with van der Waals surface area (Å²) in [5.74, 6) is -0.163. The number of fused-ring (bicyclic) bond motifs is 5. The minimum atomic E-state index is -4.73. The average molecular weight is 477 g/mol. The van der Waals surface area contributed by atoms with E-state index in [1.165, 1.54) is 10.4 Å². The van der Waals surface area contributed by atoms with Crippen molar-refractivity contribution in [2.75, 3.05) is 17.5 Å². The zero-order chi connectivity index (χ0) is 23.4. The molecule has 0 radical (unpaired) electrons. The van der Waals surface area contributed by atoms with E-state index in [-0.39, 0.29) is 36.6 Å². The van der Waals surface area contributed by atoms with Crippen LogP contribution in [0.15, 0.2) is 60.7 Å². The second kappa shape index (κ2) is 7.77. The Kier molecular flexibility index (Phi) is 5.25. The van der Waals surface area contributed by atoms with Crippen LogP contribution in [0.1, 0.15) is 23.1 Å². The number of alkyl halides is 3. The first-order chi connectivity index (χ1) is 15.7. The van der Waals surface area contributed by atoms with E-state index in [1.54, 1.807) is 6.07 Å². The summed E-state index contributed by atoms with van der Waals surface area (Å²) in [6.45, 7) is 0.617. The Bertz CT molecular complexity index is 1130. The van der Waals surface area contributed by atoms with E-state index >= 15 is 0 Å². The Balaban J connectivity index is 1.49. The van der Waals surface area contributed by atoms with E-state index in [0.717, 1.165) is 24.1 Å².